The van der Waals surface area contributed by atoms with E-state index >= 15 is 0 Å². The second-order valence-corrected chi connectivity index (χ2v) is 6.79. The Balaban J connectivity index is 2.01. The lowest BCUT2D eigenvalue weighted by molar-refractivity contribution is -0.120. The third-order valence-electron chi connectivity index (χ3n) is 4.08. The molecule has 0 aliphatic heterocycles. The van der Waals surface area contributed by atoms with E-state index in [0.717, 1.165) is 12.8 Å². The average molecular weight is 349 g/mol. The number of carbonyl (C=O) groups is 2. The van der Waals surface area contributed by atoms with Crippen LogP contribution in [0, 0.1) is 17.2 Å². The number of carbonyl (C=O) groups excluding carboxylic acids is 2. The maximum Gasteiger partial charge on any atom is 0.253 e. The molecule has 2 N–H and O–H groups in total. The number of benzene rings is 1. The summed E-state index contributed by atoms with van der Waals surface area (Å²) < 4.78 is 0. The smallest absolute Gasteiger partial charge is 0.253 e. The lowest BCUT2D eigenvalue weighted by Crippen LogP contribution is -2.48. The number of nitrogens with zero attached hydrogens (tertiary/aromatic N) is 2. The van der Waals surface area contributed by atoms with Crippen molar-refractivity contribution in [1.29, 1.82) is 5.26 Å². The SMILES string of the molecule is CN(C)C(=O)c1ccc(Cl)c(NCC(=O)NC(C)(C#N)C2CC2)c1. The van der Waals surface area contributed by atoms with Gasteiger partial charge in [-0.05, 0) is 43.9 Å². The van der Waals surface area contributed by atoms with Gasteiger partial charge in [0.25, 0.3) is 5.91 Å². The molecule has 1 atom stereocenters. The van der Waals surface area contributed by atoms with Crippen molar-refractivity contribution in [3.63, 3.8) is 0 Å². The average Bonchev–Trinajstić information content (AvgIpc) is 3.38. The van der Waals surface area contributed by atoms with Crippen molar-refractivity contribution < 1.29 is 9.59 Å². The fourth-order valence-corrected chi connectivity index (χ4v) is 2.63. The quantitative estimate of drug-likeness (QED) is 0.825. The maximum absolute atomic E-state index is 12.1. The predicted molar refractivity (Wildman–Crippen MR) is 92.8 cm³/mol. The molecule has 1 aromatic rings. The third kappa shape index (κ3) is 4.18. The molecule has 1 aliphatic rings. The Labute approximate surface area is 146 Å². The van der Waals surface area contributed by atoms with Gasteiger partial charge in [-0.2, -0.15) is 5.26 Å². The van der Waals surface area contributed by atoms with Gasteiger partial charge in [-0.3, -0.25) is 9.59 Å². The topological polar surface area (TPSA) is 85.2 Å². The molecule has 6 nitrogen and oxygen atoms in total. The minimum atomic E-state index is -0.828. The van der Waals surface area contributed by atoms with E-state index in [1.54, 1.807) is 39.2 Å². The fourth-order valence-electron chi connectivity index (χ4n) is 2.44. The number of hydrogen-bond acceptors (Lipinski definition) is 4. The molecule has 7 heteroatoms. The number of nitriles is 1. The molecule has 2 amide bonds. The number of hydrogen-bond donors (Lipinski definition) is 2. The van der Waals surface area contributed by atoms with Gasteiger partial charge in [-0.15, -0.1) is 0 Å². The third-order valence-corrected chi connectivity index (χ3v) is 4.41. The van der Waals surface area contributed by atoms with Crippen molar-refractivity contribution in [3.05, 3.63) is 28.8 Å². The summed E-state index contributed by atoms with van der Waals surface area (Å²) in [5.41, 5.74) is 0.155. The number of amides is 2. The van der Waals surface area contributed by atoms with Gasteiger partial charge in [-0.25, -0.2) is 0 Å². The molecule has 0 heterocycles. The van der Waals surface area contributed by atoms with Crippen molar-refractivity contribution in [2.75, 3.05) is 26.0 Å². The van der Waals surface area contributed by atoms with Crippen LogP contribution in [0.25, 0.3) is 0 Å². The van der Waals surface area contributed by atoms with Crippen molar-refractivity contribution >= 4 is 29.1 Å². The van der Waals surface area contributed by atoms with Crippen LogP contribution in [0.4, 0.5) is 5.69 Å². The minimum absolute atomic E-state index is 0.0245. The van der Waals surface area contributed by atoms with Crippen LogP contribution < -0.4 is 10.6 Å². The first-order chi connectivity index (χ1) is 11.3. The van der Waals surface area contributed by atoms with E-state index in [-0.39, 0.29) is 24.3 Å². The lowest BCUT2D eigenvalue weighted by atomic mass is 9.98. The Bertz CT molecular complexity index is 694. The van der Waals surface area contributed by atoms with Gasteiger partial charge in [0.05, 0.1) is 23.3 Å². The summed E-state index contributed by atoms with van der Waals surface area (Å²) in [5.74, 6) is -0.215. The van der Waals surface area contributed by atoms with Gasteiger partial charge >= 0.3 is 0 Å². The monoisotopic (exact) mass is 348 g/mol. The highest BCUT2D eigenvalue weighted by atomic mass is 35.5. The van der Waals surface area contributed by atoms with Gasteiger partial charge in [0.15, 0.2) is 0 Å². The number of halogens is 1. The van der Waals surface area contributed by atoms with Crippen LogP contribution in [0.2, 0.25) is 5.02 Å². The summed E-state index contributed by atoms with van der Waals surface area (Å²) in [4.78, 5) is 25.6. The van der Waals surface area contributed by atoms with Gasteiger partial charge in [-0.1, -0.05) is 11.6 Å². The van der Waals surface area contributed by atoms with Crippen molar-refractivity contribution in [2.24, 2.45) is 5.92 Å². The van der Waals surface area contributed by atoms with E-state index in [1.165, 1.54) is 4.90 Å². The minimum Gasteiger partial charge on any atom is -0.375 e. The standard InChI is InChI=1S/C17H21ClN4O2/c1-17(10-19,12-5-6-12)21-15(23)9-20-14-8-11(4-7-13(14)18)16(24)22(2)3/h4,7-8,12,20H,5-6,9H2,1-3H3,(H,21,23). The molecule has 1 aromatic carbocycles. The van der Waals surface area contributed by atoms with Crippen molar-refractivity contribution in [2.45, 2.75) is 25.3 Å². The number of rotatable bonds is 6. The molecule has 0 aromatic heterocycles. The van der Waals surface area contributed by atoms with Gasteiger partial charge in [0.1, 0.15) is 5.54 Å². The molecule has 1 fully saturated rings. The number of nitrogens with one attached hydrogen (secondary N) is 2. The second-order valence-electron chi connectivity index (χ2n) is 6.38. The Morgan fingerprint density at radius 1 is 1.42 bits per heavy atom. The van der Waals surface area contributed by atoms with Gasteiger partial charge in [0, 0.05) is 19.7 Å². The van der Waals surface area contributed by atoms with E-state index in [0.29, 0.717) is 16.3 Å². The predicted octanol–water partition coefficient (Wildman–Crippen LogP) is 2.26. The summed E-state index contributed by atoms with van der Waals surface area (Å²) >= 11 is 6.11. The molecule has 0 bridgehead atoms. The molecule has 0 saturated heterocycles. The first-order valence-corrected chi connectivity index (χ1v) is 8.12. The highest BCUT2D eigenvalue weighted by molar-refractivity contribution is 6.33. The Morgan fingerprint density at radius 2 is 2.08 bits per heavy atom. The molecule has 1 saturated carbocycles. The van der Waals surface area contributed by atoms with Crippen LogP contribution in [0.5, 0.6) is 0 Å². The largest absolute Gasteiger partial charge is 0.375 e. The van der Waals surface area contributed by atoms with Crippen LogP contribution in [-0.2, 0) is 4.79 Å². The van der Waals surface area contributed by atoms with E-state index in [1.807, 2.05) is 0 Å². The van der Waals surface area contributed by atoms with E-state index in [9.17, 15) is 14.9 Å². The fraction of sp³-hybridized carbons (Fsp3) is 0.471. The summed E-state index contributed by atoms with van der Waals surface area (Å²) in [6.07, 6.45) is 1.91. The molecule has 24 heavy (non-hydrogen) atoms. The summed E-state index contributed by atoms with van der Waals surface area (Å²) in [5, 5.41) is 15.4. The second kappa shape index (κ2) is 7.10. The Kier molecular flexibility index (Phi) is 5.35. The Hall–Kier alpha value is -2.26. The first-order valence-electron chi connectivity index (χ1n) is 7.74. The first kappa shape index (κ1) is 18.1. The maximum atomic E-state index is 12.1. The van der Waals surface area contributed by atoms with Crippen LogP contribution in [-0.4, -0.2) is 42.9 Å². The molecule has 128 valence electrons. The molecular weight excluding hydrogens is 328 g/mol. The summed E-state index contributed by atoms with van der Waals surface area (Å²) in [6, 6.07) is 7.04. The van der Waals surface area contributed by atoms with Crippen LogP contribution in [0.1, 0.15) is 30.1 Å². The van der Waals surface area contributed by atoms with E-state index in [4.69, 9.17) is 11.6 Å². The van der Waals surface area contributed by atoms with Crippen molar-refractivity contribution in [3.8, 4) is 6.07 Å². The Morgan fingerprint density at radius 3 is 2.62 bits per heavy atom. The zero-order valence-electron chi connectivity index (χ0n) is 14.0. The number of anilines is 1. The highest BCUT2D eigenvalue weighted by Crippen LogP contribution is 2.39. The molecule has 0 radical (unpaired) electrons. The normalized spacial score (nSPS) is 15.8. The van der Waals surface area contributed by atoms with Crippen LogP contribution in [0.3, 0.4) is 0 Å². The molecule has 1 aliphatic carbocycles. The van der Waals surface area contributed by atoms with Gasteiger partial charge in [0.2, 0.25) is 5.91 Å². The molecular formula is C17H21ClN4O2. The van der Waals surface area contributed by atoms with Crippen molar-refractivity contribution in [1.82, 2.24) is 10.2 Å². The summed E-state index contributed by atoms with van der Waals surface area (Å²) in [6.45, 7) is 1.72. The molecule has 1 unspecified atom stereocenters. The van der Waals surface area contributed by atoms with Crippen LogP contribution in [0.15, 0.2) is 18.2 Å². The zero-order chi connectivity index (χ0) is 17.9. The zero-order valence-corrected chi connectivity index (χ0v) is 14.8. The highest BCUT2D eigenvalue weighted by Gasteiger charge is 2.42. The van der Waals surface area contributed by atoms with Crippen LogP contribution >= 0.6 is 11.6 Å². The lowest BCUT2D eigenvalue weighted by Gasteiger charge is -2.23. The summed E-state index contributed by atoms with van der Waals surface area (Å²) in [7, 11) is 3.33. The van der Waals surface area contributed by atoms with Gasteiger partial charge < -0.3 is 15.5 Å². The van der Waals surface area contributed by atoms with E-state index in [2.05, 4.69) is 16.7 Å². The van der Waals surface area contributed by atoms with E-state index < -0.39 is 5.54 Å². The molecule has 2 rings (SSSR count). The molecule has 0 spiro atoms.